The van der Waals surface area contributed by atoms with Crippen LogP contribution in [0, 0.1) is 6.92 Å². The first kappa shape index (κ1) is 20.3. The van der Waals surface area contributed by atoms with E-state index in [-0.39, 0.29) is 6.61 Å². The summed E-state index contributed by atoms with van der Waals surface area (Å²) in [5, 5.41) is 0. The lowest BCUT2D eigenvalue weighted by atomic mass is 10.2. The third-order valence-electron chi connectivity index (χ3n) is 3.90. The molecule has 2 amide bonds. The number of hydrogen-bond donors (Lipinski definition) is 2. The van der Waals surface area contributed by atoms with Crippen LogP contribution in [0.5, 0.6) is 11.5 Å². The average molecular weight is 370 g/mol. The molecule has 0 aliphatic heterocycles. The van der Waals surface area contributed by atoms with Crippen molar-refractivity contribution < 1.29 is 19.1 Å². The lowest BCUT2D eigenvalue weighted by molar-refractivity contribution is -0.123. The second-order valence-corrected chi connectivity index (χ2v) is 6.14. The molecule has 0 heterocycles. The molecule has 6 heteroatoms. The highest BCUT2D eigenvalue weighted by Crippen LogP contribution is 2.15. The predicted molar refractivity (Wildman–Crippen MR) is 104 cm³/mol. The fraction of sp³-hybridized carbons (Fsp3) is 0.333. The molecule has 2 N–H and O–H groups in total. The normalized spacial score (nSPS) is 10.1. The maximum absolute atomic E-state index is 12.1. The molecule has 2 rings (SSSR count). The van der Waals surface area contributed by atoms with Crippen molar-refractivity contribution >= 4 is 11.8 Å². The molecule has 0 aliphatic carbocycles. The smallest absolute Gasteiger partial charge is 0.276 e. The fourth-order valence-electron chi connectivity index (χ4n) is 2.34. The maximum Gasteiger partial charge on any atom is 0.276 e. The standard InChI is InChI=1S/C21H26N2O4/c1-3-4-7-14-26-18-12-10-17(11-13-18)21(25)23-22-20(24)15-27-19-9-6-5-8-16(19)2/h5-6,8-13H,3-4,7,14-15H2,1-2H3,(H,22,24)(H,23,25). The van der Waals surface area contributed by atoms with Crippen LogP contribution in [0.2, 0.25) is 0 Å². The molecule has 2 aromatic carbocycles. The molecule has 0 aliphatic rings. The monoisotopic (exact) mass is 370 g/mol. The van der Waals surface area contributed by atoms with Crippen molar-refractivity contribution in [3.8, 4) is 11.5 Å². The lowest BCUT2D eigenvalue weighted by Gasteiger charge is -2.10. The van der Waals surface area contributed by atoms with Gasteiger partial charge in [0.05, 0.1) is 6.61 Å². The number of hydrogen-bond acceptors (Lipinski definition) is 4. The van der Waals surface area contributed by atoms with Crippen LogP contribution < -0.4 is 20.3 Å². The zero-order chi connectivity index (χ0) is 19.5. The number of hydrazine groups is 1. The van der Waals surface area contributed by atoms with Gasteiger partial charge >= 0.3 is 0 Å². The molecule has 0 radical (unpaired) electrons. The van der Waals surface area contributed by atoms with Crippen LogP contribution in [0.1, 0.15) is 42.1 Å². The minimum Gasteiger partial charge on any atom is -0.494 e. The number of carbonyl (C=O) groups excluding carboxylic acids is 2. The Bertz CT molecular complexity index is 744. The number of rotatable bonds is 9. The van der Waals surface area contributed by atoms with Gasteiger partial charge in [-0.2, -0.15) is 0 Å². The van der Waals surface area contributed by atoms with Crippen molar-refractivity contribution in [1.29, 1.82) is 0 Å². The largest absolute Gasteiger partial charge is 0.494 e. The number of benzene rings is 2. The molecule has 0 aromatic heterocycles. The van der Waals surface area contributed by atoms with Gasteiger partial charge in [0.15, 0.2) is 6.61 Å². The first-order valence-corrected chi connectivity index (χ1v) is 9.10. The summed E-state index contributed by atoms with van der Waals surface area (Å²) in [5.74, 6) is 0.506. The third kappa shape index (κ3) is 7.01. The molecule has 0 bridgehead atoms. The van der Waals surface area contributed by atoms with E-state index in [1.54, 1.807) is 30.3 Å². The van der Waals surface area contributed by atoms with E-state index < -0.39 is 11.8 Å². The van der Waals surface area contributed by atoms with Crippen LogP contribution in [0.15, 0.2) is 48.5 Å². The Morgan fingerprint density at radius 1 is 0.926 bits per heavy atom. The zero-order valence-corrected chi connectivity index (χ0v) is 15.8. The highest BCUT2D eigenvalue weighted by Gasteiger charge is 2.09. The lowest BCUT2D eigenvalue weighted by Crippen LogP contribution is -2.43. The Balaban J connectivity index is 1.73. The van der Waals surface area contributed by atoms with E-state index in [4.69, 9.17) is 9.47 Å². The van der Waals surface area contributed by atoms with Gasteiger partial charge in [-0.25, -0.2) is 0 Å². The van der Waals surface area contributed by atoms with Crippen LogP contribution in [0.4, 0.5) is 0 Å². The zero-order valence-electron chi connectivity index (χ0n) is 15.8. The van der Waals surface area contributed by atoms with Gasteiger partial charge in [0.2, 0.25) is 0 Å². The Kier molecular flexibility index (Phi) is 8.16. The van der Waals surface area contributed by atoms with Crippen LogP contribution in [-0.4, -0.2) is 25.0 Å². The van der Waals surface area contributed by atoms with E-state index in [1.165, 1.54) is 0 Å². The van der Waals surface area contributed by atoms with Crippen LogP contribution in [-0.2, 0) is 4.79 Å². The summed E-state index contributed by atoms with van der Waals surface area (Å²) in [5.41, 5.74) is 6.07. The molecule has 0 unspecified atom stereocenters. The number of ether oxygens (including phenoxy) is 2. The Morgan fingerprint density at radius 3 is 2.37 bits per heavy atom. The van der Waals surface area contributed by atoms with Crippen molar-refractivity contribution in [2.75, 3.05) is 13.2 Å². The summed E-state index contributed by atoms with van der Waals surface area (Å²) in [6.07, 6.45) is 3.28. The number of aryl methyl sites for hydroxylation is 1. The molecule has 0 saturated carbocycles. The topological polar surface area (TPSA) is 76.7 Å². The van der Waals surface area contributed by atoms with E-state index in [0.29, 0.717) is 17.9 Å². The summed E-state index contributed by atoms with van der Waals surface area (Å²) in [4.78, 5) is 23.9. The molecule has 0 saturated heterocycles. The van der Waals surface area contributed by atoms with E-state index >= 15 is 0 Å². The van der Waals surface area contributed by atoms with E-state index in [1.807, 2.05) is 25.1 Å². The van der Waals surface area contributed by atoms with Gasteiger partial charge in [-0.3, -0.25) is 20.4 Å². The third-order valence-corrected chi connectivity index (χ3v) is 3.90. The number of amides is 2. The van der Waals surface area contributed by atoms with Crippen LogP contribution in [0.25, 0.3) is 0 Å². The van der Waals surface area contributed by atoms with Gasteiger partial charge in [-0.05, 0) is 49.2 Å². The summed E-state index contributed by atoms with van der Waals surface area (Å²) >= 11 is 0. The first-order valence-electron chi connectivity index (χ1n) is 9.10. The summed E-state index contributed by atoms with van der Waals surface area (Å²) < 4.78 is 11.0. The van der Waals surface area contributed by atoms with Crippen molar-refractivity contribution in [1.82, 2.24) is 10.9 Å². The fourth-order valence-corrected chi connectivity index (χ4v) is 2.34. The molecular weight excluding hydrogens is 344 g/mol. The molecule has 0 fully saturated rings. The molecule has 27 heavy (non-hydrogen) atoms. The van der Waals surface area contributed by atoms with E-state index in [0.717, 1.165) is 30.6 Å². The molecular formula is C21H26N2O4. The first-order chi connectivity index (χ1) is 13.1. The highest BCUT2D eigenvalue weighted by atomic mass is 16.5. The second-order valence-electron chi connectivity index (χ2n) is 6.14. The highest BCUT2D eigenvalue weighted by molar-refractivity contribution is 5.95. The number of para-hydroxylation sites is 1. The van der Waals surface area contributed by atoms with Crippen molar-refractivity contribution in [3.63, 3.8) is 0 Å². The summed E-state index contributed by atoms with van der Waals surface area (Å²) in [6, 6.07) is 14.2. The molecule has 2 aromatic rings. The molecule has 0 spiro atoms. The van der Waals surface area contributed by atoms with Gasteiger partial charge in [-0.1, -0.05) is 38.0 Å². The number of nitrogens with one attached hydrogen (secondary N) is 2. The minimum absolute atomic E-state index is 0.185. The quantitative estimate of drug-likeness (QED) is 0.524. The van der Waals surface area contributed by atoms with Crippen LogP contribution in [0.3, 0.4) is 0 Å². The summed E-state index contributed by atoms with van der Waals surface area (Å²) in [6.45, 7) is 4.51. The Hall–Kier alpha value is -3.02. The SMILES string of the molecule is CCCCCOc1ccc(C(=O)NNC(=O)COc2ccccc2C)cc1. The van der Waals surface area contributed by atoms with Gasteiger partial charge in [0, 0.05) is 5.56 Å². The minimum atomic E-state index is -0.442. The van der Waals surface area contributed by atoms with Gasteiger partial charge in [-0.15, -0.1) is 0 Å². The van der Waals surface area contributed by atoms with Gasteiger partial charge in [0.25, 0.3) is 11.8 Å². The van der Waals surface area contributed by atoms with Crippen molar-refractivity contribution in [3.05, 3.63) is 59.7 Å². The number of carbonyl (C=O) groups is 2. The van der Waals surface area contributed by atoms with E-state index in [9.17, 15) is 9.59 Å². The van der Waals surface area contributed by atoms with Crippen LogP contribution >= 0.6 is 0 Å². The van der Waals surface area contributed by atoms with E-state index in [2.05, 4.69) is 17.8 Å². The molecule has 6 nitrogen and oxygen atoms in total. The molecule has 0 atom stereocenters. The second kappa shape index (κ2) is 10.9. The summed E-state index contributed by atoms with van der Waals surface area (Å²) in [7, 11) is 0. The predicted octanol–water partition coefficient (Wildman–Crippen LogP) is 3.40. The number of unbranched alkanes of at least 4 members (excludes halogenated alkanes) is 2. The molecule has 144 valence electrons. The van der Waals surface area contributed by atoms with Crippen molar-refractivity contribution in [2.45, 2.75) is 33.1 Å². The Morgan fingerprint density at radius 2 is 1.67 bits per heavy atom. The van der Waals surface area contributed by atoms with Crippen molar-refractivity contribution in [2.24, 2.45) is 0 Å². The van der Waals surface area contributed by atoms with Gasteiger partial charge in [0.1, 0.15) is 11.5 Å². The average Bonchev–Trinajstić information content (AvgIpc) is 2.69. The van der Waals surface area contributed by atoms with Gasteiger partial charge < -0.3 is 9.47 Å². The Labute approximate surface area is 159 Å². The maximum atomic E-state index is 12.1.